The zero-order chi connectivity index (χ0) is 18.7. The Morgan fingerprint density at radius 1 is 1.04 bits per heavy atom. The van der Waals surface area contributed by atoms with Crippen LogP contribution in [0.1, 0.15) is 22.4 Å². The number of nitrogens with zero attached hydrogens (tertiary/aromatic N) is 1. The summed E-state index contributed by atoms with van der Waals surface area (Å²) in [4.78, 5) is 4.85. The number of aryl methyl sites for hydroxylation is 1. The minimum absolute atomic E-state index is 0.305. The summed E-state index contributed by atoms with van der Waals surface area (Å²) in [6.45, 7) is 2.00. The normalized spacial score (nSPS) is 12.2. The summed E-state index contributed by atoms with van der Waals surface area (Å²) in [5, 5.41) is 0. The van der Waals surface area contributed by atoms with E-state index in [9.17, 15) is 8.42 Å². The average Bonchev–Trinajstić information content (AvgIpc) is 2.60. The molecule has 0 unspecified atom stereocenters. The van der Waals surface area contributed by atoms with Gasteiger partial charge in [-0.3, -0.25) is 4.98 Å². The fourth-order valence-electron chi connectivity index (χ4n) is 2.58. The topological polar surface area (TPSA) is 47.0 Å². The molecule has 1 aromatic heterocycles. The monoisotopic (exact) mass is 427 g/mol. The van der Waals surface area contributed by atoms with E-state index < -0.39 is 9.84 Å². The number of pyridine rings is 1. The van der Waals surface area contributed by atoms with Crippen molar-refractivity contribution in [3.8, 4) is 0 Å². The Kier molecular flexibility index (Phi) is 5.39. The van der Waals surface area contributed by atoms with Crippen LogP contribution >= 0.6 is 15.9 Å². The van der Waals surface area contributed by atoms with Gasteiger partial charge >= 0.3 is 0 Å². The third-order valence-corrected chi connectivity index (χ3v) is 5.56. The molecule has 3 aromatic rings. The molecule has 0 fully saturated rings. The lowest BCUT2D eigenvalue weighted by Crippen LogP contribution is -1.98. The fraction of sp³-hybridized carbons (Fsp3) is 0.0952. The summed E-state index contributed by atoms with van der Waals surface area (Å²) in [7, 11) is -3.22. The van der Waals surface area contributed by atoms with E-state index in [0.717, 1.165) is 32.4 Å². The van der Waals surface area contributed by atoms with E-state index in [-0.39, 0.29) is 0 Å². The first kappa shape index (κ1) is 18.5. The highest BCUT2D eigenvalue weighted by Crippen LogP contribution is 2.27. The summed E-state index contributed by atoms with van der Waals surface area (Å²) in [6.07, 6.45) is 5.09. The van der Waals surface area contributed by atoms with Gasteiger partial charge in [0.25, 0.3) is 0 Å². The highest BCUT2D eigenvalue weighted by molar-refractivity contribution is 9.10. The third kappa shape index (κ3) is 4.48. The van der Waals surface area contributed by atoms with E-state index in [1.54, 1.807) is 12.1 Å². The van der Waals surface area contributed by atoms with Crippen molar-refractivity contribution in [1.82, 2.24) is 4.98 Å². The molecule has 2 aromatic carbocycles. The van der Waals surface area contributed by atoms with Crippen molar-refractivity contribution in [2.45, 2.75) is 11.8 Å². The Bertz CT molecular complexity index is 1050. The molecule has 0 atom stereocenters. The van der Waals surface area contributed by atoms with Crippen LogP contribution in [0.15, 0.2) is 76.2 Å². The van der Waals surface area contributed by atoms with Crippen LogP contribution in [0.4, 0.5) is 0 Å². The lowest BCUT2D eigenvalue weighted by molar-refractivity contribution is 0.602. The van der Waals surface area contributed by atoms with Gasteiger partial charge in [0.1, 0.15) is 0 Å². The second kappa shape index (κ2) is 7.56. The molecule has 0 spiro atoms. The van der Waals surface area contributed by atoms with E-state index in [0.29, 0.717) is 4.90 Å². The van der Waals surface area contributed by atoms with Gasteiger partial charge in [0.05, 0.1) is 10.6 Å². The molecule has 1 heterocycles. The van der Waals surface area contributed by atoms with Crippen LogP contribution in [0.25, 0.3) is 11.6 Å². The van der Waals surface area contributed by atoms with Crippen LogP contribution < -0.4 is 0 Å². The van der Waals surface area contributed by atoms with Crippen LogP contribution in [0.3, 0.4) is 0 Å². The van der Waals surface area contributed by atoms with Gasteiger partial charge in [-0.25, -0.2) is 8.42 Å². The van der Waals surface area contributed by atoms with Crippen LogP contribution in [0, 0.1) is 6.92 Å². The summed E-state index contributed by atoms with van der Waals surface area (Å²) in [6, 6.07) is 18.9. The fourth-order valence-corrected chi connectivity index (χ4v) is 3.62. The molecule has 0 saturated heterocycles. The molecule has 0 N–H and O–H groups in total. The van der Waals surface area contributed by atoms with Crippen LogP contribution in [0.2, 0.25) is 0 Å². The first-order chi connectivity index (χ1) is 12.3. The van der Waals surface area contributed by atoms with Gasteiger partial charge in [0.2, 0.25) is 0 Å². The van der Waals surface area contributed by atoms with E-state index in [1.807, 2.05) is 61.7 Å². The Morgan fingerprint density at radius 3 is 2.35 bits per heavy atom. The molecule has 0 bridgehead atoms. The zero-order valence-corrected chi connectivity index (χ0v) is 16.9. The van der Waals surface area contributed by atoms with E-state index >= 15 is 0 Å². The maximum atomic E-state index is 11.7. The van der Waals surface area contributed by atoms with Crippen molar-refractivity contribution in [3.63, 3.8) is 0 Å². The maximum absolute atomic E-state index is 11.7. The van der Waals surface area contributed by atoms with Crippen LogP contribution in [0.5, 0.6) is 0 Å². The quantitative estimate of drug-likeness (QED) is 0.541. The van der Waals surface area contributed by atoms with E-state index in [4.69, 9.17) is 0 Å². The molecule has 132 valence electrons. The van der Waals surface area contributed by atoms with Crippen molar-refractivity contribution < 1.29 is 8.42 Å². The summed E-state index contributed by atoms with van der Waals surface area (Å²) in [5.74, 6) is 0. The molecule has 3 rings (SSSR count). The summed E-state index contributed by atoms with van der Waals surface area (Å²) >= 11 is 3.49. The smallest absolute Gasteiger partial charge is 0.175 e. The lowest BCUT2D eigenvalue weighted by Gasteiger charge is -2.10. The molecule has 0 aliphatic rings. The number of sulfone groups is 1. The predicted octanol–water partition coefficient (Wildman–Crippen LogP) is 5.14. The van der Waals surface area contributed by atoms with E-state index in [1.165, 1.54) is 6.26 Å². The van der Waals surface area contributed by atoms with Gasteiger partial charge in [-0.15, -0.1) is 0 Å². The maximum Gasteiger partial charge on any atom is 0.175 e. The second-order valence-corrected chi connectivity index (χ2v) is 9.06. The number of aromatic nitrogens is 1. The van der Waals surface area contributed by atoms with Gasteiger partial charge in [-0.1, -0.05) is 46.3 Å². The Morgan fingerprint density at radius 2 is 1.77 bits per heavy atom. The minimum Gasteiger partial charge on any atom is -0.256 e. The number of hydrogen-bond donors (Lipinski definition) is 0. The molecule has 0 amide bonds. The summed E-state index contributed by atoms with van der Waals surface area (Å²) in [5.41, 5.74) is 4.80. The molecular formula is C21H18BrNO2S. The Hall–Kier alpha value is -2.24. The zero-order valence-electron chi connectivity index (χ0n) is 14.5. The summed E-state index contributed by atoms with van der Waals surface area (Å²) < 4.78 is 24.4. The molecule has 3 nitrogen and oxygen atoms in total. The molecular weight excluding hydrogens is 410 g/mol. The average molecular weight is 428 g/mol. The first-order valence-corrected chi connectivity index (χ1v) is 10.7. The highest BCUT2D eigenvalue weighted by Gasteiger charge is 2.11. The third-order valence-electron chi connectivity index (χ3n) is 3.94. The van der Waals surface area contributed by atoms with Gasteiger partial charge < -0.3 is 0 Å². The largest absolute Gasteiger partial charge is 0.256 e. The van der Waals surface area contributed by atoms with Crippen LogP contribution in [-0.2, 0) is 9.84 Å². The highest BCUT2D eigenvalue weighted by atomic mass is 79.9. The molecule has 0 radical (unpaired) electrons. The second-order valence-electron chi connectivity index (χ2n) is 6.13. The first-order valence-electron chi connectivity index (χ1n) is 8.04. The van der Waals surface area contributed by atoms with Gasteiger partial charge in [0, 0.05) is 22.5 Å². The van der Waals surface area contributed by atoms with Crippen LogP contribution in [-0.4, -0.2) is 19.7 Å². The van der Waals surface area contributed by atoms with Crippen molar-refractivity contribution in [1.29, 1.82) is 0 Å². The van der Waals surface area contributed by atoms with E-state index in [2.05, 4.69) is 27.0 Å². The minimum atomic E-state index is -3.22. The van der Waals surface area contributed by atoms with Crippen molar-refractivity contribution in [2.75, 3.05) is 6.26 Å². The van der Waals surface area contributed by atoms with Crippen molar-refractivity contribution >= 4 is 37.4 Å². The predicted molar refractivity (Wildman–Crippen MR) is 110 cm³/mol. The van der Waals surface area contributed by atoms with Crippen molar-refractivity contribution in [2.24, 2.45) is 0 Å². The number of rotatable bonds is 4. The Balaban J connectivity index is 2.13. The molecule has 26 heavy (non-hydrogen) atoms. The molecule has 0 saturated carbocycles. The molecule has 0 aliphatic heterocycles. The number of hydrogen-bond acceptors (Lipinski definition) is 3. The van der Waals surface area contributed by atoms with Crippen molar-refractivity contribution in [3.05, 3.63) is 93.7 Å². The SMILES string of the molecule is Cc1ccc(/C(=C\c2cccc(Br)c2)c2ccc(S(C)(=O)=O)cc2)nc1. The van der Waals surface area contributed by atoms with Gasteiger partial charge in [-0.05, 0) is 60.0 Å². The van der Waals surface area contributed by atoms with Gasteiger partial charge in [-0.2, -0.15) is 0 Å². The number of halogens is 1. The lowest BCUT2D eigenvalue weighted by atomic mass is 9.99. The molecule has 5 heteroatoms. The number of benzene rings is 2. The van der Waals surface area contributed by atoms with Gasteiger partial charge in [0.15, 0.2) is 9.84 Å². The standard InChI is InChI=1S/C21H18BrNO2S/c1-15-6-11-21(23-14-15)20(13-16-4-3-5-18(22)12-16)17-7-9-19(10-8-17)26(2,24)25/h3-14H,1-2H3/b20-13-. The molecule has 0 aliphatic carbocycles. The Labute approximate surface area is 162 Å².